The predicted molar refractivity (Wildman–Crippen MR) is 96.0 cm³/mol. The number of amides is 1. The van der Waals surface area contributed by atoms with Crippen molar-refractivity contribution in [3.63, 3.8) is 0 Å². The number of ether oxygens (including phenoxy) is 1. The Balaban J connectivity index is 1.41. The topological polar surface area (TPSA) is 87.7 Å². The molecule has 2 atom stereocenters. The summed E-state index contributed by atoms with van der Waals surface area (Å²) in [5, 5.41) is 14.6. The number of fused-ring (bicyclic) bond motifs is 3. The van der Waals surface area contributed by atoms with Crippen molar-refractivity contribution >= 4 is 12.1 Å². The highest BCUT2D eigenvalue weighted by molar-refractivity contribution is 5.79. The van der Waals surface area contributed by atoms with Gasteiger partial charge in [-0.05, 0) is 28.7 Å². The highest BCUT2D eigenvalue weighted by Crippen LogP contribution is 2.44. The van der Waals surface area contributed by atoms with E-state index in [4.69, 9.17) is 9.84 Å². The lowest BCUT2D eigenvalue weighted by Gasteiger charge is -2.16. The summed E-state index contributed by atoms with van der Waals surface area (Å²) in [6, 6.07) is 15.5. The first-order valence-corrected chi connectivity index (χ1v) is 8.71. The number of carbonyl (C=O) groups excluding carboxylic acids is 1. The molecule has 0 unspecified atom stereocenters. The SMILES string of the molecule is O=C(N[C@H]1CN[C@H](C(=O)O)C1)OCC1c2ccccc2-c2ccccc21. The molecule has 0 aromatic heterocycles. The third kappa shape index (κ3) is 3.04. The Labute approximate surface area is 151 Å². The number of hydrogen-bond acceptors (Lipinski definition) is 4. The summed E-state index contributed by atoms with van der Waals surface area (Å²) >= 11 is 0. The van der Waals surface area contributed by atoms with Gasteiger partial charge in [-0.2, -0.15) is 0 Å². The van der Waals surface area contributed by atoms with Crippen LogP contribution in [0.15, 0.2) is 48.5 Å². The second kappa shape index (κ2) is 6.80. The van der Waals surface area contributed by atoms with Crippen molar-refractivity contribution < 1.29 is 19.4 Å². The smallest absolute Gasteiger partial charge is 0.407 e. The largest absolute Gasteiger partial charge is 0.480 e. The predicted octanol–water partition coefficient (Wildman–Crippen LogP) is 2.34. The Morgan fingerprint density at radius 1 is 1.08 bits per heavy atom. The van der Waals surface area contributed by atoms with Crippen LogP contribution >= 0.6 is 0 Å². The summed E-state index contributed by atoms with van der Waals surface area (Å²) in [6.07, 6.45) is -0.149. The van der Waals surface area contributed by atoms with Crippen LogP contribution in [0, 0.1) is 0 Å². The summed E-state index contributed by atoms with van der Waals surface area (Å²) in [5.41, 5.74) is 4.69. The van der Waals surface area contributed by atoms with Crippen molar-refractivity contribution in [3.05, 3.63) is 59.7 Å². The van der Waals surface area contributed by atoms with Gasteiger partial charge in [0.15, 0.2) is 0 Å². The Hall–Kier alpha value is -2.86. The standard InChI is InChI=1S/C20H20N2O4/c23-19(24)18-9-12(10-21-18)22-20(25)26-11-17-15-7-3-1-5-13(15)14-6-2-4-8-16(14)17/h1-8,12,17-18,21H,9-11H2,(H,22,25)(H,23,24)/t12-,18+/m1/s1. The fraction of sp³-hybridized carbons (Fsp3) is 0.300. The second-order valence-electron chi connectivity index (χ2n) is 6.70. The molecule has 6 nitrogen and oxygen atoms in total. The number of carboxylic acid groups (broad SMARTS) is 1. The van der Waals surface area contributed by atoms with E-state index in [0.29, 0.717) is 13.0 Å². The second-order valence-corrected chi connectivity index (χ2v) is 6.70. The lowest BCUT2D eigenvalue weighted by molar-refractivity contribution is -0.139. The third-order valence-electron chi connectivity index (χ3n) is 5.09. The molecule has 0 spiro atoms. The van der Waals surface area contributed by atoms with Crippen molar-refractivity contribution in [1.29, 1.82) is 0 Å². The molecule has 26 heavy (non-hydrogen) atoms. The summed E-state index contributed by atoms with van der Waals surface area (Å²) in [6.45, 7) is 0.684. The van der Waals surface area contributed by atoms with Crippen LogP contribution in [-0.2, 0) is 9.53 Å². The number of hydrogen-bond donors (Lipinski definition) is 3. The molecule has 3 N–H and O–H groups in total. The molecular formula is C20H20N2O4. The average molecular weight is 352 g/mol. The molecule has 0 saturated carbocycles. The van der Waals surface area contributed by atoms with Gasteiger partial charge >= 0.3 is 12.1 Å². The van der Waals surface area contributed by atoms with Crippen LogP contribution in [-0.4, -0.2) is 42.4 Å². The maximum absolute atomic E-state index is 12.1. The minimum Gasteiger partial charge on any atom is -0.480 e. The molecule has 1 fully saturated rings. The number of carbonyl (C=O) groups is 2. The monoisotopic (exact) mass is 352 g/mol. The minimum atomic E-state index is -0.901. The Bertz CT molecular complexity index is 806. The Morgan fingerprint density at radius 2 is 1.69 bits per heavy atom. The molecule has 2 aliphatic rings. The zero-order chi connectivity index (χ0) is 18.1. The van der Waals surface area contributed by atoms with Crippen LogP contribution in [0.4, 0.5) is 4.79 Å². The van der Waals surface area contributed by atoms with Crippen molar-refractivity contribution in [2.24, 2.45) is 0 Å². The molecule has 1 amide bonds. The number of nitrogens with one attached hydrogen (secondary N) is 2. The van der Waals surface area contributed by atoms with Gasteiger partial charge in [-0.25, -0.2) is 4.79 Å². The van der Waals surface area contributed by atoms with Gasteiger partial charge in [-0.15, -0.1) is 0 Å². The number of aliphatic carboxylic acids is 1. The molecule has 2 aromatic rings. The molecule has 134 valence electrons. The van der Waals surface area contributed by atoms with Crippen molar-refractivity contribution in [2.45, 2.75) is 24.4 Å². The zero-order valence-corrected chi connectivity index (χ0v) is 14.1. The first-order chi connectivity index (χ1) is 12.6. The van der Waals surface area contributed by atoms with Gasteiger partial charge in [-0.1, -0.05) is 48.5 Å². The minimum absolute atomic E-state index is 0.0154. The Kier molecular flexibility index (Phi) is 4.34. The van der Waals surface area contributed by atoms with Crippen molar-refractivity contribution in [3.8, 4) is 11.1 Å². The van der Waals surface area contributed by atoms with E-state index in [1.807, 2.05) is 24.3 Å². The molecular weight excluding hydrogens is 332 g/mol. The fourth-order valence-electron chi connectivity index (χ4n) is 3.84. The van der Waals surface area contributed by atoms with Gasteiger partial charge in [0, 0.05) is 18.5 Å². The third-order valence-corrected chi connectivity index (χ3v) is 5.09. The molecule has 1 aliphatic carbocycles. The normalized spacial score (nSPS) is 21.1. The Morgan fingerprint density at radius 3 is 2.27 bits per heavy atom. The molecule has 2 aromatic carbocycles. The van der Waals surface area contributed by atoms with E-state index in [1.54, 1.807) is 0 Å². The van der Waals surface area contributed by atoms with E-state index in [1.165, 1.54) is 11.1 Å². The molecule has 4 rings (SSSR count). The van der Waals surface area contributed by atoms with Gasteiger partial charge in [0.2, 0.25) is 0 Å². The number of alkyl carbamates (subject to hydrolysis) is 1. The van der Waals surface area contributed by atoms with Gasteiger partial charge in [0.25, 0.3) is 0 Å². The van der Waals surface area contributed by atoms with Crippen LogP contribution in [0.1, 0.15) is 23.5 Å². The van der Waals surface area contributed by atoms with Crippen LogP contribution in [0.25, 0.3) is 11.1 Å². The number of rotatable bonds is 4. The molecule has 1 saturated heterocycles. The zero-order valence-electron chi connectivity index (χ0n) is 14.1. The lowest BCUT2D eigenvalue weighted by atomic mass is 9.98. The van der Waals surface area contributed by atoms with E-state index in [-0.39, 0.29) is 18.6 Å². The first kappa shape index (κ1) is 16.6. The van der Waals surface area contributed by atoms with Gasteiger partial charge < -0.3 is 20.5 Å². The highest BCUT2D eigenvalue weighted by Gasteiger charge is 2.32. The fourth-order valence-corrected chi connectivity index (χ4v) is 3.84. The molecule has 1 heterocycles. The molecule has 6 heteroatoms. The maximum Gasteiger partial charge on any atom is 0.407 e. The van der Waals surface area contributed by atoms with E-state index < -0.39 is 18.1 Å². The molecule has 1 aliphatic heterocycles. The van der Waals surface area contributed by atoms with Gasteiger partial charge in [0.1, 0.15) is 12.6 Å². The summed E-state index contributed by atoms with van der Waals surface area (Å²) < 4.78 is 5.47. The summed E-state index contributed by atoms with van der Waals surface area (Å²) in [4.78, 5) is 23.1. The van der Waals surface area contributed by atoms with Crippen molar-refractivity contribution in [2.75, 3.05) is 13.2 Å². The van der Waals surface area contributed by atoms with E-state index in [2.05, 4.69) is 34.9 Å². The summed E-state index contributed by atoms with van der Waals surface area (Å²) in [5.74, 6) is -0.886. The van der Waals surface area contributed by atoms with Crippen LogP contribution in [0.2, 0.25) is 0 Å². The molecule has 0 bridgehead atoms. The van der Waals surface area contributed by atoms with E-state index in [9.17, 15) is 9.59 Å². The van der Waals surface area contributed by atoms with Crippen molar-refractivity contribution in [1.82, 2.24) is 10.6 Å². The van der Waals surface area contributed by atoms with Crippen LogP contribution in [0.5, 0.6) is 0 Å². The van der Waals surface area contributed by atoms with Gasteiger partial charge in [-0.3, -0.25) is 4.79 Å². The first-order valence-electron chi connectivity index (χ1n) is 8.71. The van der Waals surface area contributed by atoms with E-state index in [0.717, 1.165) is 11.1 Å². The highest BCUT2D eigenvalue weighted by atomic mass is 16.5. The number of carboxylic acids is 1. The maximum atomic E-state index is 12.1. The van der Waals surface area contributed by atoms with Gasteiger partial charge in [0.05, 0.1) is 0 Å². The lowest BCUT2D eigenvalue weighted by Crippen LogP contribution is -2.37. The molecule has 0 radical (unpaired) electrons. The number of benzene rings is 2. The van der Waals surface area contributed by atoms with Crippen LogP contribution in [0.3, 0.4) is 0 Å². The van der Waals surface area contributed by atoms with E-state index >= 15 is 0 Å². The quantitative estimate of drug-likeness (QED) is 0.786. The van der Waals surface area contributed by atoms with Crippen LogP contribution < -0.4 is 10.6 Å². The summed E-state index contributed by atoms with van der Waals surface area (Å²) in [7, 11) is 0. The average Bonchev–Trinajstić information content (AvgIpc) is 3.23.